The van der Waals surface area contributed by atoms with Gasteiger partial charge in [0.1, 0.15) is 0 Å². The molecule has 0 saturated carbocycles. The zero-order valence-corrected chi connectivity index (χ0v) is 11.9. The first-order valence-electron chi connectivity index (χ1n) is 6.84. The summed E-state index contributed by atoms with van der Waals surface area (Å²) in [6.45, 7) is 4.83. The van der Waals surface area contributed by atoms with Crippen LogP contribution in [0.1, 0.15) is 19.8 Å². The molecule has 1 aliphatic heterocycles. The molecule has 1 fully saturated rings. The third kappa shape index (κ3) is 2.99. The number of nitrogens with two attached hydrogens (primary N) is 1. The van der Waals surface area contributed by atoms with Crippen molar-refractivity contribution in [1.82, 2.24) is 9.88 Å². The van der Waals surface area contributed by atoms with Gasteiger partial charge in [-0.25, -0.2) is 19.6 Å². The highest BCUT2D eigenvalue weighted by Gasteiger charge is 2.25. The van der Waals surface area contributed by atoms with E-state index in [4.69, 9.17) is 5.84 Å². The van der Waals surface area contributed by atoms with E-state index in [2.05, 4.69) is 22.2 Å². The molecule has 1 unspecified atom stereocenters. The monoisotopic (exact) mass is 285 g/mol. The molecule has 1 saturated heterocycles. The van der Waals surface area contributed by atoms with Crippen LogP contribution in [0.3, 0.4) is 0 Å². The second-order valence-corrected chi connectivity index (χ2v) is 5.07. The molecule has 2 heterocycles. The Labute approximate surface area is 117 Å². The Hall–Kier alpha value is -1.47. The minimum absolute atomic E-state index is 0.113. The Morgan fingerprint density at radius 1 is 1.50 bits per heavy atom. The summed E-state index contributed by atoms with van der Waals surface area (Å²) in [6.07, 6.45) is 2.24. The summed E-state index contributed by atoms with van der Waals surface area (Å²) in [4.78, 5) is 7.98. The first kappa shape index (κ1) is 14.9. The lowest BCUT2D eigenvalue weighted by molar-refractivity contribution is 0.270. The van der Waals surface area contributed by atoms with Gasteiger partial charge in [-0.1, -0.05) is 6.92 Å². The number of likely N-dealkylation sites (N-methyl/N-ethyl adjacent to an activating group) is 2. The summed E-state index contributed by atoms with van der Waals surface area (Å²) in [7, 11) is 1.76. The average Bonchev–Trinajstić information content (AvgIpc) is 2.86. The van der Waals surface area contributed by atoms with E-state index in [1.165, 1.54) is 0 Å². The number of nitrogen functional groups attached to an aromatic ring is 1. The fourth-order valence-corrected chi connectivity index (χ4v) is 2.75. The number of nitrogens with one attached hydrogen (secondary N) is 1. The van der Waals surface area contributed by atoms with Crippen LogP contribution in [-0.2, 0) is 0 Å². The van der Waals surface area contributed by atoms with Crippen molar-refractivity contribution < 1.29 is 8.78 Å². The van der Waals surface area contributed by atoms with Gasteiger partial charge < -0.3 is 10.3 Å². The lowest BCUT2D eigenvalue weighted by Crippen LogP contribution is -2.39. The highest BCUT2D eigenvalue weighted by atomic mass is 19.1. The van der Waals surface area contributed by atoms with Crippen LogP contribution in [0.15, 0.2) is 6.07 Å². The molecule has 0 aliphatic carbocycles. The normalized spacial score (nSPS) is 19.4. The minimum atomic E-state index is -0.793. The number of hydrogen-bond acceptors (Lipinski definition) is 5. The first-order chi connectivity index (χ1) is 9.56. The van der Waals surface area contributed by atoms with Gasteiger partial charge in [0, 0.05) is 25.7 Å². The van der Waals surface area contributed by atoms with Crippen LogP contribution in [0.5, 0.6) is 0 Å². The number of anilines is 2. The van der Waals surface area contributed by atoms with E-state index in [0.717, 1.165) is 32.0 Å². The van der Waals surface area contributed by atoms with Gasteiger partial charge in [-0.3, -0.25) is 4.90 Å². The molecule has 112 valence electrons. The van der Waals surface area contributed by atoms with Crippen molar-refractivity contribution in [3.63, 3.8) is 0 Å². The summed E-state index contributed by atoms with van der Waals surface area (Å²) in [5.74, 6) is 3.67. The van der Waals surface area contributed by atoms with Gasteiger partial charge in [-0.15, -0.1) is 0 Å². The number of likely N-dealkylation sites (tertiary alicyclic amines) is 1. The molecule has 0 radical (unpaired) electrons. The van der Waals surface area contributed by atoms with Gasteiger partial charge in [0.05, 0.1) is 0 Å². The molecule has 1 aromatic rings. The molecule has 3 N–H and O–H groups in total. The number of hydrogen-bond donors (Lipinski definition) is 2. The maximum absolute atomic E-state index is 13.8. The van der Waals surface area contributed by atoms with Gasteiger partial charge in [0.2, 0.25) is 0 Å². The van der Waals surface area contributed by atoms with E-state index in [1.54, 1.807) is 11.9 Å². The third-order valence-corrected chi connectivity index (χ3v) is 3.80. The van der Waals surface area contributed by atoms with Crippen molar-refractivity contribution in [3.8, 4) is 0 Å². The first-order valence-corrected chi connectivity index (χ1v) is 6.84. The Morgan fingerprint density at radius 3 is 2.90 bits per heavy atom. The lowest BCUT2D eigenvalue weighted by atomic mass is 10.2. The zero-order chi connectivity index (χ0) is 14.7. The Kier molecular flexibility index (Phi) is 4.72. The van der Waals surface area contributed by atoms with Crippen LogP contribution in [-0.4, -0.2) is 42.6 Å². The van der Waals surface area contributed by atoms with E-state index >= 15 is 0 Å². The quantitative estimate of drug-likeness (QED) is 0.635. The second kappa shape index (κ2) is 6.32. The molecule has 0 amide bonds. The molecular weight excluding hydrogens is 264 g/mol. The Balaban J connectivity index is 2.14. The van der Waals surface area contributed by atoms with Gasteiger partial charge in [0.25, 0.3) is 0 Å². The standard InChI is InChI=1S/C13H21F2N5/c1-3-20-6-4-5-9(20)8-19(2)13-11(15)7-10(14)12(17-13)18-16/h7,9H,3-6,8,16H2,1-2H3,(H,17,18). The molecular formula is C13H21F2N5. The van der Waals surface area contributed by atoms with Crippen LogP contribution in [0.2, 0.25) is 0 Å². The summed E-state index contributed by atoms with van der Waals surface area (Å²) in [5, 5.41) is 0. The SMILES string of the molecule is CCN1CCCC1CN(C)c1nc(NN)c(F)cc1F. The lowest BCUT2D eigenvalue weighted by Gasteiger charge is -2.28. The molecule has 0 aromatic carbocycles. The largest absolute Gasteiger partial charge is 0.356 e. The summed E-state index contributed by atoms with van der Waals surface area (Å²) >= 11 is 0. The Morgan fingerprint density at radius 2 is 2.25 bits per heavy atom. The highest BCUT2D eigenvalue weighted by molar-refractivity contribution is 5.48. The van der Waals surface area contributed by atoms with Crippen LogP contribution < -0.4 is 16.2 Å². The van der Waals surface area contributed by atoms with E-state index in [1.807, 2.05) is 0 Å². The fraction of sp³-hybridized carbons (Fsp3) is 0.615. The predicted octanol–water partition coefficient (Wildman–Crippen LogP) is 1.57. The average molecular weight is 285 g/mol. The van der Waals surface area contributed by atoms with E-state index in [0.29, 0.717) is 12.6 Å². The number of rotatable bonds is 5. The topological polar surface area (TPSA) is 57.4 Å². The van der Waals surface area contributed by atoms with Crippen molar-refractivity contribution in [2.75, 3.05) is 37.0 Å². The van der Waals surface area contributed by atoms with Gasteiger partial charge >= 0.3 is 0 Å². The maximum Gasteiger partial charge on any atom is 0.178 e. The van der Waals surface area contributed by atoms with Crippen molar-refractivity contribution in [2.24, 2.45) is 5.84 Å². The van der Waals surface area contributed by atoms with Crippen molar-refractivity contribution >= 4 is 11.6 Å². The molecule has 20 heavy (non-hydrogen) atoms. The van der Waals surface area contributed by atoms with Crippen molar-refractivity contribution in [2.45, 2.75) is 25.8 Å². The van der Waals surface area contributed by atoms with Gasteiger partial charge in [0.15, 0.2) is 23.3 Å². The zero-order valence-electron chi connectivity index (χ0n) is 11.9. The van der Waals surface area contributed by atoms with E-state index in [9.17, 15) is 8.78 Å². The molecule has 1 aliphatic rings. The number of pyridine rings is 1. The van der Waals surface area contributed by atoms with Gasteiger partial charge in [-0.2, -0.15) is 0 Å². The fourth-order valence-electron chi connectivity index (χ4n) is 2.75. The molecule has 0 bridgehead atoms. The number of hydrazine groups is 1. The van der Waals surface area contributed by atoms with Gasteiger partial charge in [-0.05, 0) is 25.9 Å². The second-order valence-electron chi connectivity index (χ2n) is 5.07. The molecule has 0 spiro atoms. The van der Waals surface area contributed by atoms with Crippen LogP contribution in [0.25, 0.3) is 0 Å². The number of aromatic nitrogens is 1. The third-order valence-electron chi connectivity index (χ3n) is 3.80. The smallest absolute Gasteiger partial charge is 0.178 e. The van der Waals surface area contributed by atoms with Crippen LogP contribution in [0.4, 0.5) is 20.4 Å². The Bertz CT molecular complexity index is 468. The van der Waals surface area contributed by atoms with E-state index in [-0.39, 0.29) is 11.6 Å². The van der Waals surface area contributed by atoms with Crippen LogP contribution >= 0.6 is 0 Å². The molecule has 2 rings (SSSR count). The minimum Gasteiger partial charge on any atom is -0.356 e. The van der Waals surface area contributed by atoms with E-state index < -0.39 is 11.6 Å². The predicted molar refractivity (Wildman–Crippen MR) is 75.5 cm³/mol. The number of halogens is 2. The van der Waals surface area contributed by atoms with Crippen molar-refractivity contribution in [1.29, 1.82) is 0 Å². The molecule has 1 atom stereocenters. The maximum atomic E-state index is 13.8. The molecule has 7 heteroatoms. The summed E-state index contributed by atoms with van der Waals surface area (Å²) in [5.41, 5.74) is 2.14. The molecule has 1 aromatic heterocycles. The number of nitrogens with zero attached hydrogens (tertiary/aromatic N) is 3. The summed E-state index contributed by atoms with van der Waals surface area (Å²) in [6, 6.07) is 1.19. The highest BCUT2D eigenvalue weighted by Crippen LogP contribution is 2.23. The summed E-state index contributed by atoms with van der Waals surface area (Å²) < 4.78 is 27.2. The van der Waals surface area contributed by atoms with Crippen molar-refractivity contribution in [3.05, 3.63) is 17.7 Å². The van der Waals surface area contributed by atoms with Crippen LogP contribution in [0, 0.1) is 11.6 Å². The molecule has 5 nitrogen and oxygen atoms in total.